The monoisotopic (exact) mass is 368 g/mol. The Labute approximate surface area is 165 Å². The predicted octanol–water partition coefficient (Wildman–Crippen LogP) is 6.54. The van der Waals surface area contributed by atoms with Crippen molar-refractivity contribution in [2.45, 2.75) is 95.6 Å². The molecule has 2 aliphatic carbocycles. The molecule has 1 aromatic carbocycles. The van der Waals surface area contributed by atoms with Gasteiger partial charge in [-0.3, -0.25) is 0 Å². The third kappa shape index (κ3) is 7.60. The zero-order valence-electron chi connectivity index (χ0n) is 16.9. The van der Waals surface area contributed by atoms with Crippen LogP contribution in [-0.2, 0) is 11.3 Å². The minimum Gasteiger partial charge on any atom is -0.377 e. The number of hydrogen-bond donors (Lipinski definition) is 0. The first-order valence-electron chi connectivity index (χ1n) is 11.2. The van der Waals surface area contributed by atoms with Crippen molar-refractivity contribution in [1.29, 1.82) is 0 Å². The van der Waals surface area contributed by atoms with E-state index in [0.29, 0.717) is 12.6 Å². The van der Waals surface area contributed by atoms with Gasteiger partial charge in [0, 0.05) is 6.61 Å². The lowest BCUT2D eigenvalue weighted by Crippen LogP contribution is -2.08. The summed E-state index contributed by atoms with van der Waals surface area (Å²) in [6.07, 6.45) is 15.7. The largest absolute Gasteiger partial charge is 0.377 e. The molecule has 0 heterocycles. The molecule has 27 heavy (non-hydrogen) atoms. The Balaban J connectivity index is 1.29. The van der Waals surface area contributed by atoms with Crippen LogP contribution in [0.3, 0.4) is 0 Å². The molecule has 3 heteroatoms. The van der Waals surface area contributed by atoms with E-state index in [1.165, 1.54) is 81.8 Å². The second-order valence-electron chi connectivity index (χ2n) is 8.24. The lowest BCUT2D eigenvalue weighted by molar-refractivity contribution is 0.120. The Morgan fingerprint density at radius 3 is 2.26 bits per heavy atom. The maximum Gasteiger partial charge on any atom is 0.0895 e. The molecule has 0 unspecified atom stereocenters. The quantitative estimate of drug-likeness (QED) is 0.291. The SMILES string of the molecule is C(=NCCCOCc1ccc(C2CCCCCC2)cc1)=NC1CCCCC1. The Kier molecular flexibility index (Phi) is 9.10. The van der Waals surface area contributed by atoms with Gasteiger partial charge in [0.15, 0.2) is 0 Å². The van der Waals surface area contributed by atoms with E-state index in [0.717, 1.165) is 25.5 Å². The Bertz CT molecular complexity index is 575. The van der Waals surface area contributed by atoms with Gasteiger partial charge in [0.1, 0.15) is 0 Å². The predicted molar refractivity (Wildman–Crippen MR) is 113 cm³/mol. The fourth-order valence-electron chi connectivity index (χ4n) is 4.32. The van der Waals surface area contributed by atoms with Gasteiger partial charge in [-0.2, -0.15) is 0 Å². The van der Waals surface area contributed by atoms with Crippen molar-refractivity contribution in [3.63, 3.8) is 0 Å². The Morgan fingerprint density at radius 2 is 1.52 bits per heavy atom. The Morgan fingerprint density at radius 1 is 0.852 bits per heavy atom. The van der Waals surface area contributed by atoms with Crippen LogP contribution < -0.4 is 0 Å². The van der Waals surface area contributed by atoms with E-state index < -0.39 is 0 Å². The maximum absolute atomic E-state index is 5.80. The maximum atomic E-state index is 5.80. The first kappa shape index (κ1) is 20.3. The number of ether oxygens (including phenoxy) is 1. The lowest BCUT2D eigenvalue weighted by atomic mass is 9.91. The van der Waals surface area contributed by atoms with Gasteiger partial charge in [0.2, 0.25) is 0 Å². The molecule has 0 saturated heterocycles. The molecule has 0 aromatic heterocycles. The van der Waals surface area contributed by atoms with Crippen LogP contribution >= 0.6 is 0 Å². The van der Waals surface area contributed by atoms with Crippen molar-refractivity contribution in [3.8, 4) is 0 Å². The van der Waals surface area contributed by atoms with Gasteiger partial charge >= 0.3 is 0 Å². The molecule has 0 aliphatic heterocycles. The van der Waals surface area contributed by atoms with E-state index in [2.05, 4.69) is 40.3 Å². The molecule has 2 aliphatic rings. The molecule has 0 spiro atoms. The molecule has 0 bridgehead atoms. The molecule has 1 aromatic rings. The summed E-state index contributed by atoms with van der Waals surface area (Å²) in [6.45, 7) is 2.21. The second kappa shape index (κ2) is 12.1. The molecule has 3 rings (SSSR count). The van der Waals surface area contributed by atoms with Crippen LogP contribution in [0.1, 0.15) is 94.1 Å². The molecular formula is C24H36N2O. The number of benzene rings is 1. The van der Waals surface area contributed by atoms with E-state index in [4.69, 9.17) is 4.74 Å². The van der Waals surface area contributed by atoms with Crippen LogP contribution in [0.4, 0.5) is 0 Å². The van der Waals surface area contributed by atoms with E-state index >= 15 is 0 Å². The summed E-state index contributed by atoms with van der Waals surface area (Å²) in [6, 6.07) is 12.5. The number of rotatable bonds is 8. The highest BCUT2D eigenvalue weighted by atomic mass is 16.5. The van der Waals surface area contributed by atoms with Crippen LogP contribution in [0.2, 0.25) is 0 Å². The van der Waals surface area contributed by atoms with E-state index in [1.807, 2.05) is 0 Å². The number of aliphatic imine (C=N–C) groups is 2. The smallest absolute Gasteiger partial charge is 0.0895 e. The van der Waals surface area contributed by atoms with Crippen molar-refractivity contribution in [2.75, 3.05) is 13.2 Å². The molecule has 3 nitrogen and oxygen atoms in total. The van der Waals surface area contributed by atoms with Gasteiger partial charge in [-0.05, 0) is 49.1 Å². The molecule has 148 valence electrons. The minimum absolute atomic E-state index is 0.472. The average Bonchev–Trinajstić information content (AvgIpc) is 3.01. The normalized spacial score (nSPS) is 19.3. The van der Waals surface area contributed by atoms with Crippen molar-refractivity contribution in [2.24, 2.45) is 9.98 Å². The van der Waals surface area contributed by atoms with Gasteiger partial charge in [0.25, 0.3) is 0 Å². The topological polar surface area (TPSA) is 34.0 Å². The second-order valence-corrected chi connectivity index (χ2v) is 8.24. The van der Waals surface area contributed by atoms with Gasteiger partial charge in [-0.15, -0.1) is 0 Å². The molecular weight excluding hydrogens is 332 g/mol. The molecule has 2 fully saturated rings. The van der Waals surface area contributed by atoms with Gasteiger partial charge in [0.05, 0.1) is 25.2 Å². The fourth-order valence-corrected chi connectivity index (χ4v) is 4.32. The summed E-state index contributed by atoms with van der Waals surface area (Å²) in [4.78, 5) is 8.73. The summed E-state index contributed by atoms with van der Waals surface area (Å²) >= 11 is 0. The molecule has 2 saturated carbocycles. The van der Waals surface area contributed by atoms with Crippen LogP contribution in [-0.4, -0.2) is 25.2 Å². The van der Waals surface area contributed by atoms with Crippen molar-refractivity contribution < 1.29 is 4.74 Å². The van der Waals surface area contributed by atoms with Gasteiger partial charge < -0.3 is 4.74 Å². The van der Waals surface area contributed by atoms with Crippen LogP contribution in [0.5, 0.6) is 0 Å². The van der Waals surface area contributed by atoms with Gasteiger partial charge in [-0.1, -0.05) is 69.2 Å². The third-order valence-corrected chi connectivity index (χ3v) is 6.02. The molecule has 0 amide bonds. The molecule has 0 radical (unpaired) electrons. The van der Waals surface area contributed by atoms with Crippen LogP contribution in [0.25, 0.3) is 0 Å². The summed E-state index contributed by atoms with van der Waals surface area (Å²) < 4.78 is 5.80. The van der Waals surface area contributed by atoms with Crippen molar-refractivity contribution in [1.82, 2.24) is 0 Å². The van der Waals surface area contributed by atoms with E-state index in [1.54, 1.807) is 0 Å². The fraction of sp³-hybridized carbons (Fsp3) is 0.708. The molecule has 0 N–H and O–H groups in total. The number of nitrogens with zero attached hydrogens (tertiary/aromatic N) is 2. The van der Waals surface area contributed by atoms with Crippen LogP contribution in [0, 0.1) is 0 Å². The van der Waals surface area contributed by atoms with Crippen LogP contribution in [0.15, 0.2) is 34.3 Å². The standard InChI is InChI=1S/C24H36N2O/c1-2-5-10-22(9-4-1)23-15-13-21(14-16-23)19-27-18-8-17-25-20-26-24-11-6-3-7-12-24/h13-16,22,24H,1-12,17-19H2. The average molecular weight is 369 g/mol. The summed E-state index contributed by atoms with van der Waals surface area (Å²) in [5, 5.41) is 0. The zero-order valence-corrected chi connectivity index (χ0v) is 16.9. The minimum atomic E-state index is 0.472. The summed E-state index contributed by atoms with van der Waals surface area (Å²) in [5.74, 6) is 0.774. The highest BCUT2D eigenvalue weighted by molar-refractivity contribution is 5.41. The first-order chi connectivity index (χ1) is 13.4. The first-order valence-corrected chi connectivity index (χ1v) is 11.2. The van der Waals surface area contributed by atoms with E-state index in [9.17, 15) is 0 Å². The zero-order chi connectivity index (χ0) is 18.6. The Hall–Kier alpha value is -1.44. The van der Waals surface area contributed by atoms with Crippen molar-refractivity contribution >= 4 is 6.01 Å². The highest BCUT2D eigenvalue weighted by Crippen LogP contribution is 2.31. The van der Waals surface area contributed by atoms with E-state index in [-0.39, 0.29) is 0 Å². The lowest BCUT2D eigenvalue weighted by Gasteiger charge is -2.15. The van der Waals surface area contributed by atoms with Crippen molar-refractivity contribution in [3.05, 3.63) is 35.4 Å². The van der Waals surface area contributed by atoms with Gasteiger partial charge in [-0.25, -0.2) is 9.98 Å². The number of hydrogen-bond acceptors (Lipinski definition) is 3. The third-order valence-electron chi connectivity index (χ3n) is 6.02. The molecule has 0 atom stereocenters. The summed E-state index contributed by atoms with van der Waals surface area (Å²) in [7, 11) is 0. The summed E-state index contributed by atoms with van der Waals surface area (Å²) in [5.41, 5.74) is 2.79. The highest BCUT2D eigenvalue weighted by Gasteiger charge is 2.14.